The number of carbonyl (C=O) groups is 1. The van der Waals surface area contributed by atoms with Crippen molar-refractivity contribution in [2.75, 3.05) is 25.5 Å². The van der Waals surface area contributed by atoms with Gasteiger partial charge >= 0.3 is 0 Å². The summed E-state index contributed by atoms with van der Waals surface area (Å²) in [5.41, 5.74) is 1.67. The van der Waals surface area contributed by atoms with Gasteiger partial charge in [-0.3, -0.25) is 4.79 Å². The van der Waals surface area contributed by atoms with E-state index in [1.54, 1.807) is 7.11 Å². The molecule has 162 valence electrons. The molecule has 30 heavy (non-hydrogen) atoms. The number of benzene rings is 1. The molecule has 1 aromatic heterocycles. The number of methoxy groups -OCH3 is 1. The van der Waals surface area contributed by atoms with E-state index in [2.05, 4.69) is 10.4 Å². The van der Waals surface area contributed by atoms with Gasteiger partial charge in [0.05, 0.1) is 19.2 Å². The summed E-state index contributed by atoms with van der Waals surface area (Å²) in [5, 5.41) is 7.65. The summed E-state index contributed by atoms with van der Waals surface area (Å²) in [4.78, 5) is 14.7. The standard InChI is InChI=1S/C22H28F2N4O2/c1-14-10-20-25-18(12-19(22(23)24)28(20)26-14)16-4-3-9-27(13-16)21(29)11-15-5-7-17(30-2)8-6-15/h5-8,10,16,18-19,22,25H,3-4,9,11-13H2,1-2H3/t16?,18-,19+/m0/s1. The summed E-state index contributed by atoms with van der Waals surface area (Å²) in [5.74, 6) is 1.63. The van der Waals surface area contributed by atoms with Gasteiger partial charge in [0.2, 0.25) is 5.91 Å². The molecule has 2 aliphatic heterocycles. The number of hydrogen-bond donors (Lipinski definition) is 1. The molecule has 2 aliphatic rings. The maximum absolute atomic E-state index is 13.7. The Hall–Kier alpha value is -2.64. The number of rotatable bonds is 5. The molecule has 1 amide bonds. The van der Waals surface area contributed by atoms with Crippen molar-refractivity contribution in [3.05, 3.63) is 41.6 Å². The number of fused-ring (bicyclic) bond motifs is 1. The minimum absolute atomic E-state index is 0.0759. The van der Waals surface area contributed by atoms with Crippen LogP contribution >= 0.6 is 0 Å². The lowest BCUT2D eigenvalue weighted by Gasteiger charge is -2.41. The molecule has 1 unspecified atom stereocenters. The van der Waals surface area contributed by atoms with Crippen LogP contribution < -0.4 is 10.1 Å². The SMILES string of the molecule is COc1ccc(CC(=O)N2CCCC([C@@H]3C[C@H](C(F)F)n4nc(C)cc4N3)C2)cc1. The first-order chi connectivity index (χ1) is 14.4. The third-order valence-electron chi connectivity index (χ3n) is 6.19. The van der Waals surface area contributed by atoms with E-state index < -0.39 is 12.5 Å². The van der Waals surface area contributed by atoms with Crippen LogP contribution in [-0.4, -0.2) is 53.3 Å². The largest absolute Gasteiger partial charge is 0.497 e. The van der Waals surface area contributed by atoms with Gasteiger partial charge < -0.3 is 15.0 Å². The molecule has 2 aromatic rings. The Morgan fingerprint density at radius 1 is 1.33 bits per heavy atom. The van der Waals surface area contributed by atoms with Crippen molar-refractivity contribution in [3.8, 4) is 5.75 Å². The fraction of sp³-hybridized carbons (Fsp3) is 0.545. The summed E-state index contributed by atoms with van der Waals surface area (Å²) in [6.45, 7) is 3.12. The number of hydrogen-bond acceptors (Lipinski definition) is 4. The zero-order chi connectivity index (χ0) is 21.3. The maximum atomic E-state index is 13.7. The van der Waals surface area contributed by atoms with Crippen LogP contribution in [0, 0.1) is 12.8 Å². The highest BCUT2D eigenvalue weighted by Gasteiger charge is 2.38. The van der Waals surface area contributed by atoms with Gasteiger partial charge in [0.25, 0.3) is 6.43 Å². The molecular weight excluding hydrogens is 390 g/mol. The van der Waals surface area contributed by atoms with E-state index in [0.29, 0.717) is 31.7 Å². The lowest BCUT2D eigenvalue weighted by atomic mass is 9.85. The number of carbonyl (C=O) groups excluding carboxylic acids is 1. The van der Waals surface area contributed by atoms with Crippen LogP contribution in [0.1, 0.15) is 36.6 Å². The molecule has 0 saturated carbocycles. The van der Waals surface area contributed by atoms with E-state index in [-0.39, 0.29) is 17.9 Å². The molecule has 0 aliphatic carbocycles. The van der Waals surface area contributed by atoms with Crippen LogP contribution in [0.2, 0.25) is 0 Å². The molecule has 0 bridgehead atoms. The summed E-state index contributed by atoms with van der Waals surface area (Å²) in [7, 11) is 1.61. The molecular formula is C22H28F2N4O2. The molecule has 8 heteroatoms. The normalized spacial score (nSPS) is 23.8. The van der Waals surface area contributed by atoms with Crippen molar-refractivity contribution in [1.29, 1.82) is 0 Å². The Morgan fingerprint density at radius 2 is 2.10 bits per heavy atom. The quantitative estimate of drug-likeness (QED) is 0.805. The molecule has 3 atom stereocenters. The van der Waals surface area contributed by atoms with Crippen LogP contribution in [0.3, 0.4) is 0 Å². The summed E-state index contributed by atoms with van der Waals surface area (Å²) in [6.07, 6.45) is -0.0108. The predicted molar refractivity (Wildman–Crippen MR) is 110 cm³/mol. The van der Waals surface area contributed by atoms with Gasteiger partial charge in [0, 0.05) is 25.2 Å². The van der Waals surface area contributed by atoms with E-state index >= 15 is 0 Å². The number of nitrogens with one attached hydrogen (secondary N) is 1. The molecule has 0 radical (unpaired) electrons. The number of anilines is 1. The van der Waals surface area contributed by atoms with Gasteiger partial charge in [-0.15, -0.1) is 0 Å². The Morgan fingerprint density at radius 3 is 2.80 bits per heavy atom. The van der Waals surface area contributed by atoms with Crippen LogP contribution in [0.15, 0.2) is 30.3 Å². The molecule has 1 N–H and O–H groups in total. The van der Waals surface area contributed by atoms with E-state index in [1.807, 2.05) is 42.2 Å². The number of piperidine rings is 1. The van der Waals surface area contributed by atoms with Crippen molar-refractivity contribution in [2.45, 2.75) is 51.1 Å². The number of aromatic nitrogens is 2. The molecule has 4 rings (SSSR count). The predicted octanol–water partition coefficient (Wildman–Crippen LogP) is 3.67. The van der Waals surface area contributed by atoms with Crippen molar-refractivity contribution in [2.24, 2.45) is 5.92 Å². The number of aryl methyl sites for hydroxylation is 1. The molecule has 6 nitrogen and oxygen atoms in total. The lowest BCUT2D eigenvalue weighted by Crippen LogP contribution is -2.48. The average molecular weight is 418 g/mol. The number of nitrogens with zero attached hydrogens (tertiary/aromatic N) is 3. The van der Waals surface area contributed by atoms with E-state index in [1.165, 1.54) is 4.68 Å². The zero-order valence-electron chi connectivity index (χ0n) is 17.4. The van der Waals surface area contributed by atoms with Gasteiger partial charge in [0.15, 0.2) is 0 Å². The highest BCUT2D eigenvalue weighted by molar-refractivity contribution is 5.79. The van der Waals surface area contributed by atoms with Crippen LogP contribution in [-0.2, 0) is 11.2 Å². The first kappa shape index (κ1) is 20.6. The van der Waals surface area contributed by atoms with Gasteiger partial charge in [-0.1, -0.05) is 12.1 Å². The fourth-order valence-electron chi connectivity index (χ4n) is 4.60. The first-order valence-corrected chi connectivity index (χ1v) is 10.5. The number of ether oxygens (including phenoxy) is 1. The summed E-state index contributed by atoms with van der Waals surface area (Å²) >= 11 is 0. The van der Waals surface area contributed by atoms with Crippen molar-refractivity contribution >= 4 is 11.7 Å². The maximum Gasteiger partial charge on any atom is 0.260 e. The minimum Gasteiger partial charge on any atom is -0.497 e. The number of amides is 1. The summed E-state index contributed by atoms with van der Waals surface area (Å²) in [6, 6.07) is 8.30. The molecule has 3 heterocycles. The smallest absolute Gasteiger partial charge is 0.260 e. The van der Waals surface area contributed by atoms with E-state index in [4.69, 9.17) is 4.74 Å². The van der Waals surface area contributed by atoms with Crippen molar-refractivity contribution in [3.63, 3.8) is 0 Å². The van der Waals surface area contributed by atoms with Gasteiger partial charge in [-0.2, -0.15) is 5.10 Å². The third-order valence-corrected chi connectivity index (χ3v) is 6.19. The minimum atomic E-state index is -2.47. The Bertz CT molecular complexity index is 884. The molecule has 1 saturated heterocycles. The lowest BCUT2D eigenvalue weighted by molar-refractivity contribution is -0.132. The van der Waals surface area contributed by atoms with Gasteiger partial charge in [-0.25, -0.2) is 13.5 Å². The number of halogens is 2. The second-order valence-corrected chi connectivity index (χ2v) is 8.27. The Kier molecular flexibility index (Phi) is 5.92. The summed E-state index contributed by atoms with van der Waals surface area (Å²) < 4.78 is 34.0. The van der Waals surface area contributed by atoms with Crippen molar-refractivity contribution in [1.82, 2.24) is 14.7 Å². The highest BCUT2D eigenvalue weighted by Crippen LogP contribution is 2.36. The van der Waals surface area contributed by atoms with Gasteiger partial charge in [0.1, 0.15) is 17.6 Å². The second kappa shape index (κ2) is 8.62. The average Bonchev–Trinajstić information content (AvgIpc) is 3.13. The fourth-order valence-corrected chi connectivity index (χ4v) is 4.60. The van der Waals surface area contributed by atoms with E-state index in [0.717, 1.165) is 29.8 Å². The first-order valence-electron chi connectivity index (χ1n) is 10.5. The topological polar surface area (TPSA) is 59.4 Å². The number of likely N-dealkylation sites (tertiary alicyclic amines) is 1. The van der Waals surface area contributed by atoms with Crippen LogP contribution in [0.5, 0.6) is 5.75 Å². The van der Waals surface area contributed by atoms with Gasteiger partial charge in [-0.05, 0) is 49.8 Å². The third kappa shape index (κ3) is 4.27. The number of alkyl halides is 2. The van der Waals surface area contributed by atoms with Crippen LogP contribution in [0.25, 0.3) is 0 Å². The zero-order valence-corrected chi connectivity index (χ0v) is 17.4. The molecule has 1 fully saturated rings. The van der Waals surface area contributed by atoms with Crippen LogP contribution in [0.4, 0.5) is 14.6 Å². The Labute approximate surface area is 175 Å². The highest BCUT2D eigenvalue weighted by atomic mass is 19.3. The second-order valence-electron chi connectivity index (χ2n) is 8.27. The van der Waals surface area contributed by atoms with E-state index in [9.17, 15) is 13.6 Å². The Balaban J connectivity index is 1.42. The monoisotopic (exact) mass is 418 g/mol. The molecule has 1 aromatic carbocycles. The molecule has 0 spiro atoms. The van der Waals surface area contributed by atoms with Crippen molar-refractivity contribution < 1.29 is 18.3 Å².